The van der Waals surface area contributed by atoms with E-state index < -0.39 is 33.5 Å². The standard InChI is InChI=1S/C25H30ClNO5S/c1-17-7-5-6-8-21(17)33(30,31)27-22(25(2,3)4)15-19(16-32-14-13-23(28)29)24(27)18-9-11-20(26)12-10-18/h5-12,15,22,24H,13-14,16H2,1-4H3,(H,28,29). The third-order valence-corrected chi connectivity index (χ3v) is 7.96. The predicted octanol–water partition coefficient (Wildman–Crippen LogP) is 5.23. The van der Waals surface area contributed by atoms with Crippen molar-refractivity contribution < 1.29 is 23.1 Å². The summed E-state index contributed by atoms with van der Waals surface area (Å²) in [5.41, 5.74) is 1.82. The Labute approximate surface area is 200 Å². The molecular formula is C25H30ClNO5S. The minimum Gasteiger partial charge on any atom is -0.481 e. The maximum atomic E-state index is 14.1. The number of carboxylic acids is 1. The van der Waals surface area contributed by atoms with E-state index in [4.69, 9.17) is 21.4 Å². The maximum Gasteiger partial charge on any atom is 0.305 e. The molecule has 33 heavy (non-hydrogen) atoms. The number of sulfonamides is 1. The van der Waals surface area contributed by atoms with Gasteiger partial charge in [-0.05, 0) is 47.2 Å². The van der Waals surface area contributed by atoms with Gasteiger partial charge >= 0.3 is 5.97 Å². The van der Waals surface area contributed by atoms with E-state index in [1.54, 1.807) is 41.6 Å². The molecule has 0 saturated carbocycles. The molecular weight excluding hydrogens is 462 g/mol. The molecule has 1 N–H and O–H groups in total. The Hall–Kier alpha value is -2.19. The van der Waals surface area contributed by atoms with Crippen molar-refractivity contribution in [3.8, 4) is 0 Å². The summed E-state index contributed by atoms with van der Waals surface area (Å²) < 4.78 is 35.4. The fraction of sp³-hybridized carbons (Fsp3) is 0.400. The zero-order chi connectivity index (χ0) is 24.4. The van der Waals surface area contributed by atoms with Crippen molar-refractivity contribution in [2.75, 3.05) is 13.2 Å². The maximum absolute atomic E-state index is 14.1. The normalized spacial score (nSPS) is 19.5. The highest BCUT2D eigenvalue weighted by atomic mass is 35.5. The summed E-state index contributed by atoms with van der Waals surface area (Å²) in [6.07, 6.45) is 1.84. The van der Waals surface area contributed by atoms with Gasteiger partial charge < -0.3 is 9.84 Å². The first kappa shape index (κ1) is 25.4. The number of hydrogen-bond acceptors (Lipinski definition) is 4. The molecule has 0 aromatic heterocycles. The molecule has 0 spiro atoms. The van der Waals surface area contributed by atoms with Gasteiger partial charge in [0.15, 0.2) is 0 Å². The average Bonchev–Trinajstić information content (AvgIpc) is 3.13. The van der Waals surface area contributed by atoms with Gasteiger partial charge in [-0.2, -0.15) is 4.31 Å². The molecule has 2 atom stereocenters. The molecule has 178 valence electrons. The second-order valence-electron chi connectivity index (χ2n) is 9.30. The summed E-state index contributed by atoms with van der Waals surface area (Å²) in [7, 11) is -3.89. The smallest absolute Gasteiger partial charge is 0.305 e. The molecule has 8 heteroatoms. The molecule has 0 amide bonds. The van der Waals surface area contributed by atoms with Crippen molar-refractivity contribution in [2.45, 2.75) is 51.1 Å². The van der Waals surface area contributed by atoms with Crippen LogP contribution in [-0.4, -0.2) is 43.1 Å². The van der Waals surface area contributed by atoms with Crippen molar-refractivity contribution in [3.05, 3.63) is 76.3 Å². The van der Waals surface area contributed by atoms with E-state index in [0.29, 0.717) is 10.6 Å². The lowest BCUT2D eigenvalue weighted by Crippen LogP contribution is -2.45. The van der Waals surface area contributed by atoms with Crippen LogP contribution in [0.5, 0.6) is 0 Å². The van der Waals surface area contributed by atoms with Gasteiger partial charge in [0, 0.05) is 11.1 Å². The number of aryl methyl sites for hydroxylation is 1. The fourth-order valence-electron chi connectivity index (χ4n) is 4.05. The number of ether oxygens (including phenoxy) is 1. The molecule has 0 bridgehead atoms. The van der Waals surface area contributed by atoms with Crippen LogP contribution >= 0.6 is 11.6 Å². The molecule has 1 heterocycles. The number of nitrogens with zero attached hydrogens (tertiary/aromatic N) is 1. The quantitative estimate of drug-likeness (QED) is 0.404. The van der Waals surface area contributed by atoms with Crippen LogP contribution in [-0.2, 0) is 19.6 Å². The number of benzene rings is 2. The van der Waals surface area contributed by atoms with Crippen molar-refractivity contribution in [1.29, 1.82) is 0 Å². The van der Waals surface area contributed by atoms with Gasteiger partial charge in [0.25, 0.3) is 0 Å². The Morgan fingerprint density at radius 2 is 1.76 bits per heavy atom. The van der Waals surface area contributed by atoms with Crippen molar-refractivity contribution >= 4 is 27.6 Å². The van der Waals surface area contributed by atoms with Gasteiger partial charge in [0.1, 0.15) is 0 Å². The molecule has 0 radical (unpaired) electrons. The third-order valence-electron chi connectivity index (χ3n) is 5.70. The number of halogens is 1. The average molecular weight is 492 g/mol. The van der Waals surface area contributed by atoms with Crippen molar-refractivity contribution in [3.63, 3.8) is 0 Å². The highest BCUT2D eigenvalue weighted by molar-refractivity contribution is 7.89. The summed E-state index contributed by atoms with van der Waals surface area (Å²) in [6.45, 7) is 7.97. The van der Waals surface area contributed by atoms with Gasteiger partial charge in [-0.15, -0.1) is 0 Å². The number of carbonyl (C=O) groups is 1. The predicted molar refractivity (Wildman–Crippen MR) is 129 cm³/mol. The molecule has 0 fully saturated rings. The Kier molecular flexibility index (Phi) is 7.69. The summed E-state index contributed by atoms with van der Waals surface area (Å²) >= 11 is 6.10. The zero-order valence-corrected chi connectivity index (χ0v) is 20.9. The first-order chi connectivity index (χ1) is 15.4. The molecule has 1 aliphatic heterocycles. The Balaban J connectivity index is 2.11. The van der Waals surface area contributed by atoms with E-state index in [2.05, 4.69) is 0 Å². The molecule has 1 aliphatic rings. The summed E-state index contributed by atoms with van der Waals surface area (Å²) in [5, 5.41) is 9.47. The topological polar surface area (TPSA) is 83.9 Å². The van der Waals surface area contributed by atoms with Crippen LogP contribution in [0.4, 0.5) is 0 Å². The number of hydrogen-bond donors (Lipinski definition) is 1. The van der Waals surface area contributed by atoms with Crippen molar-refractivity contribution in [2.24, 2.45) is 5.41 Å². The molecule has 6 nitrogen and oxygen atoms in total. The summed E-state index contributed by atoms with van der Waals surface area (Å²) in [4.78, 5) is 11.1. The van der Waals surface area contributed by atoms with Gasteiger partial charge in [-0.1, -0.05) is 68.8 Å². The second-order valence-corrected chi connectivity index (χ2v) is 11.6. The lowest BCUT2D eigenvalue weighted by Gasteiger charge is -2.37. The third kappa shape index (κ3) is 5.66. The molecule has 2 unspecified atom stereocenters. The van der Waals surface area contributed by atoms with Crippen LogP contribution in [0.1, 0.15) is 44.4 Å². The van der Waals surface area contributed by atoms with Gasteiger partial charge in [-0.25, -0.2) is 8.42 Å². The van der Waals surface area contributed by atoms with E-state index in [1.165, 1.54) is 0 Å². The molecule has 0 saturated heterocycles. The summed E-state index contributed by atoms with van der Waals surface area (Å²) in [6, 6.07) is 13.1. The Morgan fingerprint density at radius 1 is 1.12 bits per heavy atom. The molecule has 2 aromatic carbocycles. The van der Waals surface area contributed by atoms with E-state index in [0.717, 1.165) is 11.1 Å². The van der Waals surface area contributed by atoms with Crippen LogP contribution in [0.25, 0.3) is 0 Å². The van der Waals surface area contributed by atoms with Crippen LogP contribution in [0.3, 0.4) is 0 Å². The minimum absolute atomic E-state index is 0.0464. The van der Waals surface area contributed by atoms with Gasteiger partial charge in [-0.3, -0.25) is 4.79 Å². The van der Waals surface area contributed by atoms with Crippen LogP contribution in [0.2, 0.25) is 5.02 Å². The molecule has 0 aliphatic carbocycles. The lowest BCUT2D eigenvalue weighted by atomic mass is 9.87. The zero-order valence-electron chi connectivity index (χ0n) is 19.3. The van der Waals surface area contributed by atoms with Crippen LogP contribution in [0, 0.1) is 12.3 Å². The van der Waals surface area contributed by atoms with E-state index in [9.17, 15) is 13.2 Å². The number of rotatable bonds is 8. The largest absolute Gasteiger partial charge is 0.481 e. The highest BCUT2D eigenvalue weighted by Gasteiger charge is 2.48. The van der Waals surface area contributed by atoms with Gasteiger partial charge in [0.2, 0.25) is 10.0 Å². The van der Waals surface area contributed by atoms with Crippen LogP contribution < -0.4 is 0 Å². The second kappa shape index (κ2) is 9.97. The lowest BCUT2D eigenvalue weighted by molar-refractivity contribution is -0.138. The summed E-state index contributed by atoms with van der Waals surface area (Å²) in [5.74, 6) is -0.944. The number of aliphatic carboxylic acids is 1. The van der Waals surface area contributed by atoms with Gasteiger partial charge in [0.05, 0.1) is 30.6 Å². The first-order valence-electron chi connectivity index (χ1n) is 10.8. The van der Waals surface area contributed by atoms with Crippen LogP contribution in [0.15, 0.2) is 65.1 Å². The van der Waals surface area contributed by atoms with Crippen molar-refractivity contribution in [1.82, 2.24) is 4.31 Å². The SMILES string of the molecule is Cc1ccccc1S(=O)(=O)N1C(c2ccc(Cl)cc2)C(COCCC(=O)O)=CC1C(C)(C)C. The van der Waals surface area contributed by atoms with E-state index in [1.807, 2.05) is 45.0 Å². The molecule has 2 aromatic rings. The first-order valence-corrected chi connectivity index (χ1v) is 12.6. The minimum atomic E-state index is -3.89. The number of carboxylic acid groups (broad SMARTS) is 1. The van der Waals surface area contributed by atoms with E-state index >= 15 is 0 Å². The highest BCUT2D eigenvalue weighted by Crippen LogP contribution is 2.46. The Morgan fingerprint density at radius 3 is 2.33 bits per heavy atom. The Bertz CT molecular complexity index is 1140. The fourth-order valence-corrected chi connectivity index (χ4v) is 6.34. The monoisotopic (exact) mass is 491 g/mol. The van der Waals surface area contributed by atoms with E-state index in [-0.39, 0.29) is 24.5 Å². The molecule has 3 rings (SSSR count).